The van der Waals surface area contributed by atoms with Crippen molar-refractivity contribution in [2.75, 3.05) is 45.8 Å². The maximum Gasteiger partial charge on any atom is 0.327 e. The van der Waals surface area contributed by atoms with Crippen LogP contribution in [0.3, 0.4) is 0 Å². The summed E-state index contributed by atoms with van der Waals surface area (Å²) in [5.74, 6) is -1.51. The van der Waals surface area contributed by atoms with Crippen molar-refractivity contribution in [2.24, 2.45) is 7.05 Å². The first kappa shape index (κ1) is 22.2. The number of carbonyl (C=O) groups excluding carboxylic acids is 3. The third kappa shape index (κ3) is 3.81. The van der Waals surface area contributed by atoms with Crippen LogP contribution in [0.5, 0.6) is 0 Å². The zero-order valence-corrected chi connectivity index (χ0v) is 18.6. The van der Waals surface area contributed by atoms with Crippen molar-refractivity contribution < 1.29 is 22.8 Å². The van der Waals surface area contributed by atoms with Crippen LogP contribution in [0.25, 0.3) is 0 Å². The molecule has 2 aliphatic heterocycles. The molecule has 0 bridgehead atoms. The maximum atomic E-state index is 13.2. The number of sulfonamides is 1. The summed E-state index contributed by atoms with van der Waals surface area (Å²) in [7, 11) is -2.06. The van der Waals surface area contributed by atoms with E-state index in [1.165, 1.54) is 18.8 Å². The van der Waals surface area contributed by atoms with Gasteiger partial charge in [0.25, 0.3) is 0 Å². The number of rotatable bonds is 3. The minimum Gasteiger partial charge on any atom is -0.333 e. The molecule has 0 aliphatic carbocycles. The molecule has 0 saturated carbocycles. The number of amides is 4. The minimum atomic E-state index is -3.76. The molecule has 1 aromatic heterocycles. The van der Waals surface area contributed by atoms with Gasteiger partial charge in [0.15, 0.2) is 0 Å². The summed E-state index contributed by atoms with van der Waals surface area (Å²) in [5, 5.41) is 4.19. The molecule has 11 nitrogen and oxygen atoms in total. The molecule has 4 amide bonds. The molecular weight excluding hydrogens is 412 g/mol. The lowest BCUT2D eigenvalue weighted by atomic mass is 10.3. The maximum absolute atomic E-state index is 13.2. The molecule has 0 atom stereocenters. The lowest BCUT2D eigenvalue weighted by Crippen LogP contribution is -2.59. The lowest BCUT2D eigenvalue weighted by molar-refractivity contribution is -0.153. The second-order valence-corrected chi connectivity index (χ2v) is 9.37. The highest BCUT2D eigenvalue weighted by Gasteiger charge is 2.39. The molecule has 0 N–H and O–H groups in total. The number of hydrogen-bond donors (Lipinski definition) is 0. The van der Waals surface area contributed by atoms with Gasteiger partial charge in [0, 0.05) is 52.9 Å². The third-order valence-electron chi connectivity index (χ3n) is 5.69. The molecule has 166 valence electrons. The summed E-state index contributed by atoms with van der Waals surface area (Å²) in [6.45, 7) is 6.83. The molecule has 0 unspecified atom stereocenters. The van der Waals surface area contributed by atoms with Gasteiger partial charge in [-0.1, -0.05) is 0 Å². The SMILES string of the molecule is CCN1CCN(C(=O)N2CCCN(S(=O)(=O)c3c(C)nn(C)c3C)CC2)C(=O)C1=O. The van der Waals surface area contributed by atoms with Crippen LogP contribution in [-0.4, -0.2) is 101 Å². The van der Waals surface area contributed by atoms with E-state index in [1.807, 2.05) is 0 Å². The number of aryl methyl sites for hydroxylation is 2. The van der Waals surface area contributed by atoms with Crippen molar-refractivity contribution in [3.05, 3.63) is 11.4 Å². The Balaban J connectivity index is 1.73. The summed E-state index contributed by atoms with van der Waals surface area (Å²) in [6.07, 6.45) is 0.431. The largest absolute Gasteiger partial charge is 0.333 e. The summed E-state index contributed by atoms with van der Waals surface area (Å²) >= 11 is 0. The zero-order valence-electron chi connectivity index (χ0n) is 17.8. The van der Waals surface area contributed by atoms with Crippen molar-refractivity contribution in [3.63, 3.8) is 0 Å². The minimum absolute atomic E-state index is 0.110. The molecular formula is C18H28N6O5S. The summed E-state index contributed by atoms with van der Waals surface area (Å²) in [6, 6.07) is -0.544. The molecule has 0 spiro atoms. The zero-order chi connectivity index (χ0) is 22.2. The van der Waals surface area contributed by atoms with Crippen molar-refractivity contribution in [1.82, 2.24) is 28.8 Å². The van der Waals surface area contributed by atoms with Gasteiger partial charge in [-0.05, 0) is 27.2 Å². The fourth-order valence-corrected chi connectivity index (χ4v) is 5.78. The number of nitrogens with zero attached hydrogens (tertiary/aromatic N) is 6. The fourth-order valence-electron chi connectivity index (χ4n) is 3.91. The van der Waals surface area contributed by atoms with Crippen molar-refractivity contribution in [1.29, 1.82) is 0 Å². The van der Waals surface area contributed by atoms with E-state index in [-0.39, 0.29) is 31.1 Å². The van der Waals surface area contributed by atoms with Crippen LogP contribution in [0.1, 0.15) is 24.7 Å². The van der Waals surface area contributed by atoms with Gasteiger partial charge in [-0.3, -0.25) is 19.2 Å². The molecule has 1 aromatic rings. The predicted molar refractivity (Wildman–Crippen MR) is 107 cm³/mol. The topological polar surface area (TPSA) is 116 Å². The fraction of sp³-hybridized carbons (Fsp3) is 0.667. The van der Waals surface area contributed by atoms with Gasteiger partial charge in [0.1, 0.15) is 4.90 Å². The quantitative estimate of drug-likeness (QED) is 0.588. The van der Waals surface area contributed by atoms with Crippen molar-refractivity contribution in [3.8, 4) is 0 Å². The highest BCUT2D eigenvalue weighted by Crippen LogP contribution is 2.24. The van der Waals surface area contributed by atoms with E-state index in [9.17, 15) is 22.8 Å². The molecule has 2 fully saturated rings. The summed E-state index contributed by atoms with van der Waals surface area (Å²) in [5.41, 5.74) is 0.993. The number of hydrogen-bond acceptors (Lipinski definition) is 6. The van der Waals surface area contributed by atoms with Crippen LogP contribution in [0.15, 0.2) is 4.90 Å². The Morgan fingerprint density at radius 2 is 1.70 bits per heavy atom. The van der Waals surface area contributed by atoms with E-state index in [0.717, 1.165) is 4.90 Å². The summed E-state index contributed by atoms with van der Waals surface area (Å²) < 4.78 is 29.3. The van der Waals surface area contributed by atoms with Gasteiger partial charge in [0.05, 0.1) is 11.4 Å². The average Bonchev–Trinajstić information content (AvgIpc) is 2.88. The van der Waals surface area contributed by atoms with Crippen LogP contribution in [0.4, 0.5) is 4.79 Å². The van der Waals surface area contributed by atoms with E-state index >= 15 is 0 Å². The standard InChI is InChI=1S/C18H28N6O5S/c1-5-21-10-12-24(17(26)16(21)25)18(27)22-7-6-8-23(11-9-22)30(28,29)15-13(2)19-20(4)14(15)3/h5-12H2,1-4H3. The number of carbonyl (C=O) groups is 3. The first-order chi connectivity index (χ1) is 14.1. The molecule has 2 aliphatic rings. The number of imide groups is 1. The van der Waals surface area contributed by atoms with Gasteiger partial charge < -0.3 is 9.80 Å². The Hall–Kier alpha value is -2.47. The molecule has 0 radical (unpaired) electrons. The van der Waals surface area contributed by atoms with Crippen molar-refractivity contribution >= 4 is 27.9 Å². The van der Waals surface area contributed by atoms with E-state index in [2.05, 4.69) is 5.10 Å². The molecule has 2 saturated heterocycles. The monoisotopic (exact) mass is 440 g/mol. The second kappa shape index (κ2) is 8.34. The molecule has 0 aromatic carbocycles. The Morgan fingerprint density at radius 3 is 2.30 bits per heavy atom. The first-order valence-corrected chi connectivity index (χ1v) is 11.4. The highest BCUT2D eigenvalue weighted by atomic mass is 32.2. The van der Waals surface area contributed by atoms with Gasteiger partial charge >= 0.3 is 17.8 Å². The Bertz CT molecular complexity index is 972. The lowest BCUT2D eigenvalue weighted by Gasteiger charge is -2.34. The Labute approximate surface area is 176 Å². The number of aromatic nitrogens is 2. The van der Waals surface area contributed by atoms with Gasteiger partial charge in [-0.15, -0.1) is 0 Å². The van der Waals surface area contributed by atoms with E-state index in [4.69, 9.17) is 0 Å². The van der Waals surface area contributed by atoms with Gasteiger partial charge in [-0.2, -0.15) is 9.40 Å². The van der Waals surface area contributed by atoms with Crippen LogP contribution in [0, 0.1) is 13.8 Å². The van der Waals surface area contributed by atoms with Crippen LogP contribution in [0.2, 0.25) is 0 Å². The van der Waals surface area contributed by atoms with Gasteiger partial charge in [0.2, 0.25) is 10.0 Å². The Kier molecular flexibility index (Phi) is 6.18. The Morgan fingerprint density at radius 1 is 1.00 bits per heavy atom. The molecule has 30 heavy (non-hydrogen) atoms. The smallest absolute Gasteiger partial charge is 0.327 e. The molecule has 12 heteroatoms. The molecule has 3 rings (SSSR count). The first-order valence-electron chi connectivity index (χ1n) is 9.99. The average molecular weight is 441 g/mol. The summed E-state index contributed by atoms with van der Waals surface area (Å²) in [4.78, 5) is 41.3. The number of piperazine rings is 1. The number of likely N-dealkylation sites (N-methyl/N-ethyl adjacent to an activating group) is 1. The molecule has 3 heterocycles. The second-order valence-electron chi connectivity index (χ2n) is 7.49. The van der Waals surface area contributed by atoms with E-state index in [0.29, 0.717) is 37.4 Å². The van der Waals surface area contributed by atoms with Gasteiger partial charge in [-0.25, -0.2) is 13.2 Å². The normalized spacial score (nSPS) is 19.4. The van der Waals surface area contributed by atoms with Crippen LogP contribution in [-0.2, 0) is 26.7 Å². The number of urea groups is 1. The highest BCUT2D eigenvalue weighted by molar-refractivity contribution is 7.89. The van der Waals surface area contributed by atoms with Crippen LogP contribution >= 0.6 is 0 Å². The third-order valence-corrected chi connectivity index (χ3v) is 7.84. The van der Waals surface area contributed by atoms with Crippen LogP contribution < -0.4 is 0 Å². The van der Waals surface area contributed by atoms with E-state index in [1.54, 1.807) is 27.8 Å². The van der Waals surface area contributed by atoms with E-state index < -0.39 is 27.9 Å². The predicted octanol–water partition coefficient (Wildman–Crippen LogP) is -0.456. The van der Waals surface area contributed by atoms with Crippen molar-refractivity contribution in [2.45, 2.75) is 32.1 Å².